The van der Waals surface area contributed by atoms with Crippen LogP contribution in [0.5, 0.6) is 5.75 Å². The molecule has 34 heavy (non-hydrogen) atoms. The number of aryl methyl sites for hydroxylation is 1. The number of rotatable bonds is 5. The van der Waals surface area contributed by atoms with Crippen LogP contribution in [0, 0.1) is 12.7 Å². The van der Waals surface area contributed by atoms with E-state index in [1.807, 2.05) is 66.2 Å². The number of nitrogens with zero attached hydrogens (tertiary/aromatic N) is 4. The molecule has 0 spiro atoms. The van der Waals surface area contributed by atoms with Crippen LogP contribution in [-0.4, -0.2) is 33.7 Å². The molecule has 1 aliphatic carbocycles. The zero-order valence-corrected chi connectivity index (χ0v) is 19.1. The molecule has 1 saturated carbocycles. The first-order valence-corrected chi connectivity index (χ1v) is 11.6. The predicted octanol–water partition coefficient (Wildman–Crippen LogP) is 5.97. The lowest BCUT2D eigenvalue weighted by Crippen LogP contribution is -2.40. The monoisotopic (exact) mass is 452 g/mol. The van der Waals surface area contributed by atoms with Crippen molar-refractivity contribution in [2.24, 2.45) is 4.99 Å². The van der Waals surface area contributed by atoms with Crippen molar-refractivity contribution in [3.63, 3.8) is 0 Å². The van der Waals surface area contributed by atoms with Gasteiger partial charge in [0.2, 0.25) is 0 Å². The minimum absolute atomic E-state index is 0.127. The zero-order chi connectivity index (χ0) is 23.2. The number of halogens is 1. The number of benzene rings is 3. The lowest BCUT2D eigenvalue weighted by Gasteiger charge is -2.38. The van der Waals surface area contributed by atoms with Gasteiger partial charge in [0.25, 0.3) is 0 Å². The molecule has 0 N–H and O–H groups in total. The number of hydrogen-bond donors (Lipinski definition) is 0. The number of para-hydroxylation sites is 1. The van der Waals surface area contributed by atoms with Crippen molar-refractivity contribution < 1.29 is 9.13 Å². The predicted molar refractivity (Wildman–Crippen MR) is 131 cm³/mol. The fraction of sp³-hybridized carbons (Fsp3) is 0.214. The van der Waals surface area contributed by atoms with Gasteiger partial charge in [-0.3, -0.25) is 0 Å². The fourth-order valence-corrected chi connectivity index (χ4v) is 4.82. The maximum Gasteiger partial charge on any atom is 0.163 e. The van der Waals surface area contributed by atoms with E-state index in [1.54, 1.807) is 13.2 Å². The van der Waals surface area contributed by atoms with E-state index in [1.165, 1.54) is 6.07 Å². The molecule has 6 heteroatoms. The van der Waals surface area contributed by atoms with Crippen molar-refractivity contribution >= 4 is 11.7 Å². The molecule has 0 bridgehead atoms. The maximum atomic E-state index is 15.1. The molecule has 4 aromatic rings. The van der Waals surface area contributed by atoms with Crippen LogP contribution < -0.4 is 4.74 Å². The van der Waals surface area contributed by atoms with Gasteiger partial charge in [0.1, 0.15) is 17.4 Å². The first-order valence-electron chi connectivity index (χ1n) is 11.6. The number of hydrogen-bond acceptors (Lipinski definition) is 4. The Morgan fingerprint density at radius 1 is 0.912 bits per heavy atom. The summed E-state index contributed by atoms with van der Waals surface area (Å²) in [6.45, 7) is 2.03. The molecule has 1 atom stereocenters. The highest BCUT2D eigenvalue weighted by Gasteiger charge is 2.44. The molecule has 0 radical (unpaired) electrons. The highest BCUT2D eigenvalue weighted by Crippen LogP contribution is 2.47. The smallest absolute Gasteiger partial charge is 0.163 e. The lowest BCUT2D eigenvalue weighted by molar-refractivity contribution is 0.340. The van der Waals surface area contributed by atoms with E-state index in [4.69, 9.17) is 14.8 Å². The zero-order valence-electron chi connectivity index (χ0n) is 19.1. The molecular formula is C28H25FN4O. The number of fused-ring (bicyclic) bond motifs is 1. The van der Waals surface area contributed by atoms with E-state index in [0.717, 1.165) is 46.9 Å². The van der Waals surface area contributed by atoms with E-state index in [2.05, 4.69) is 17.0 Å². The largest absolute Gasteiger partial charge is 0.497 e. The second-order valence-corrected chi connectivity index (χ2v) is 8.80. The summed E-state index contributed by atoms with van der Waals surface area (Å²) in [7, 11) is 1.67. The molecule has 0 unspecified atom stereocenters. The maximum absolute atomic E-state index is 15.1. The van der Waals surface area contributed by atoms with Crippen LogP contribution in [0.15, 0.2) is 83.9 Å². The van der Waals surface area contributed by atoms with Crippen molar-refractivity contribution in [2.75, 3.05) is 7.11 Å². The Balaban J connectivity index is 1.62. The van der Waals surface area contributed by atoms with Gasteiger partial charge < -0.3 is 9.64 Å². The second-order valence-electron chi connectivity index (χ2n) is 8.80. The summed E-state index contributed by atoms with van der Waals surface area (Å²) in [4.78, 5) is 7.40. The molecule has 1 fully saturated rings. The van der Waals surface area contributed by atoms with Crippen molar-refractivity contribution in [1.29, 1.82) is 0 Å². The molecule has 3 aromatic carbocycles. The molecule has 0 amide bonds. The van der Waals surface area contributed by atoms with Gasteiger partial charge in [0.05, 0.1) is 30.1 Å². The quantitative estimate of drug-likeness (QED) is 0.374. The third-order valence-electron chi connectivity index (χ3n) is 6.58. The Labute approximate surface area is 198 Å². The van der Waals surface area contributed by atoms with Gasteiger partial charge in [-0.2, -0.15) is 5.10 Å². The molecular weight excluding hydrogens is 427 g/mol. The molecule has 5 nitrogen and oxygen atoms in total. The minimum Gasteiger partial charge on any atom is -0.497 e. The summed E-state index contributed by atoms with van der Waals surface area (Å²) in [5.74, 6) is 1.94. The van der Waals surface area contributed by atoms with Crippen molar-refractivity contribution in [3.05, 3.63) is 107 Å². The third-order valence-corrected chi connectivity index (χ3v) is 6.58. The summed E-state index contributed by atoms with van der Waals surface area (Å²) in [6, 6.07) is 25.2. The Morgan fingerprint density at radius 2 is 1.62 bits per heavy atom. The first kappa shape index (κ1) is 20.7. The van der Waals surface area contributed by atoms with Gasteiger partial charge in [0, 0.05) is 11.6 Å². The van der Waals surface area contributed by atoms with Gasteiger partial charge >= 0.3 is 0 Å². The van der Waals surface area contributed by atoms with Crippen LogP contribution in [0.1, 0.15) is 41.3 Å². The van der Waals surface area contributed by atoms with Gasteiger partial charge in [-0.25, -0.2) is 14.1 Å². The Morgan fingerprint density at radius 3 is 2.29 bits per heavy atom. The molecule has 170 valence electrons. The fourth-order valence-electron chi connectivity index (χ4n) is 4.82. The average molecular weight is 453 g/mol. The summed E-state index contributed by atoms with van der Waals surface area (Å²) in [5.41, 5.74) is 4.52. The topological polar surface area (TPSA) is 42.6 Å². The standard InChI is InChI=1S/C28H25FN4O/c1-18-25-26(19-12-16-22(34-2)17-13-19)32(20-14-15-20)27(23-10-6-7-11-24(23)29)30-28(25)33(31-18)21-8-4-3-5-9-21/h3-13,16-17,20,26H,14-15H2,1-2H3/t26-/m0/s1. The van der Waals surface area contributed by atoms with Crippen molar-refractivity contribution in [3.8, 4) is 11.4 Å². The number of amidine groups is 1. The lowest BCUT2D eigenvalue weighted by atomic mass is 9.93. The Kier molecular flexibility index (Phi) is 4.94. The van der Waals surface area contributed by atoms with Crippen molar-refractivity contribution in [2.45, 2.75) is 31.8 Å². The molecule has 1 aromatic heterocycles. The van der Waals surface area contributed by atoms with E-state index < -0.39 is 0 Å². The van der Waals surface area contributed by atoms with Crippen molar-refractivity contribution in [1.82, 2.24) is 14.7 Å². The first-order chi connectivity index (χ1) is 16.7. The van der Waals surface area contributed by atoms with E-state index in [-0.39, 0.29) is 11.9 Å². The third kappa shape index (κ3) is 3.37. The van der Waals surface area contributed by atoms with Crippen LogP contribution in [0.25, 0.3) is 5.69 Å². The highest BCUT2D eigenvalue weighted by molar-refractivity contribution is 6.02. The van der Waals surface area contributed by atoms with E-state index in [0.29, 0.717) is 17.4 Å². The average Bonchev–Trinajstić information content (AvgIpc) is 3.67. The minimum atomic E-state index is -0.272. The molecule has 0 saturated heterocycles. The normalized spacial score (nSPS) is 17.3. The van der Waals surface area contributed by atoms with E-state index in [9.17, 15) is 0 Å². The summed E-state index contributed by atoms with van der Waals surface area (Å²) in [6.07, 6.45) is 2.11. The Bertz CT molecular complexity index is 1370. The molecule has 6 rings (SSSR count). The number of ether oxygens (including phenoxy) is 1. The van der Waals surface area contributed by atoms with Gasteiger partial charge in [0.15, 0.2) is 5.82 Å². The van der Waals surface area contributed by atoms with Crippen LogP contribution in [-0.2, 0) is 0 Å². The van der Waals surface area contributed by atoms with Gasteiger partial charge in [-0.1, -0.05) is 42.5 Å². The molecule has 1 aliphatic heterocycles. The summed E-state index contributed by atoms with van der Waals surface area (Å²) in [5, 5.41) is 4.90. The van der Waals surface area contributed by atoms with E-state index >= 15 is 4.39 Å². The van der Waals surface area contributed by atoms with Gasteiger partial charge in [-0.05, 0) is 61.7 Å². The van der Waals surface area contributed by atoms with Crippen LogP contribution >= 0.6 is 0 Å². The highest BCUT2D eigenvalue weighted by atomic mass is 19.1. The summed E-state index contributed by atoms with van der Waals surface area (Å²) < 4.78 is 22.4. The van der Waals surface area contributed by atoms with Crippen LogP contribution in [0.3, 0.4) is 0 Å². The second kappa shape index (κ2) is 8.13. The number of aliphatic imine (C=N–C) groups is 1. The Hall–Kier alpha value is -3.93. The SMILES string of the molecule is COc1ccc([C@H]2c3c(C)nn(-c4ccccc4)c3N=C(c3ccccc3F)N2C2CC2)cc1. The number of aromatic nitrogens is 2. The molecule has 2 heterocycles. The van der Waals surface area contributed by atoms with Crippen LogP contribution in [0.4, 0.5) is 10.2 Å². The number of methoxy groups -OCH3 is 1. The van der Waals surface area contributed by atoms with Crippen LogP contribution in [0.2, 0.25) is 0 Å². The molecule has 2 aliphatic rings. The van der Waals surface area contributed by atoms with Gasteiger partial charge in [-0.15, -0.1) is 0 Å². The summed E-state index contributed by atoms with van der Waals surface area (Å²) >= 11 is 0.